The number of hydrogen-bond acceptors (Lipinski definition) is 7. The highest BCUT2D eigenvalue weighted by Crippen LogP contribution is 2.43. The lowest BCUT2D eigenvalue weighted by atomic mass is 10.0. The lowest BCUT2D eigenvalue weighted by Gasteiger charge is -2.19. The summed E-state index contributed by atoms with van der Waals surface area (Å²) in [5.74, 6) is 0.836. The Labute approximate surface area is 224 Å². The van der Waals surface area contributed by atoms with Gasteiger partial charge >= 0.3 is 13.8 Å². The quantitative estimate of drug-likeness (QED) is 0.0664. The molecule has 0 saturated heterocycles. The Kier molecular flexibility index (Phi) is 26.3. The van der Waals surface area contributed by atoms with Crippen LogP contribution in [0.15, 0.2) is 0 Å². The topological polar surface area (TPSA) is 128 Å². The van der Waals surface area contributed by atoms with Crippen molar-refractivity contribution in [2.45, 2.75) is 122 Å². The fourth-order valence-corrected chi connectivity index (χ4v) is 5.56. The molecular weight excluding hydrogens is 501 g/mol. The number of hydrogen-bond donors (Lipinski definition) is 3. The van der Waals surface area contributed by atoms with E-state index >= 15 is 0 Å². The molecule has 0 aromatic carbocycles. The van der Waals surface area contributed by atoms with Gasteiger partial charge in [0.05, 0.1) is 19.3 Å². The van der Waals surface area contributed by atoms with E-state index in [9.17, 15) is 14.3 Å². The maximum Gasteiger partial charge on any atom is 0.472 e. The van der Waals surface area contributed by atoms with Crippen molar-refractivity contribution in [1.82, 2.24) is 0 Å². The van der Waals surface area contributed by atoms with Crippen LogP contribution in [0.5, 0.6) is 0 Å². The summed E-state index contributed by atoms with van der Waals surface area (Å²) in [5, 5.41) is 8.73. The minimum absolute atomic E-state index is 0.0526. The van der Waals surface area contributed by atoms with Gasteiger partial charge in [-0.25, -0.2) is 4.57 Å². The molecule has 4 N–H and O–H groups in total. The third kappa shape index (κ3) is 26.9. The molecule has 10 heteroatoms. The highest BCUT2D eigenvalue weighted by molar-refractivity contribution is 7.99. The van der Waals surface area contributed by atoms with Crippen LogP contribution in [0.2, 0.25) is 0 Å². The monoisotopic (exact) mass is 555 g/mol. The van der Waals surface area contributed by atoms with Crippen molar-refractivity contribution in [2.24, 2.45) is 5.73 Å². The molecule has 0 spiro atoms. The maximum absolute atomic E-state index is 11.9. The number of ether oxygens (including phenoxy) is 1. The van der Waals surface area contributed by atoms with Crippen LogP contribution in [0.4, 0.5) is 0 Å². The van der Waals surface area contributed by atoms with Gasteiger partial charge in [-0.3, -0.25) is 13.8 Å². The second-order valence-corrected chi connectivity index (χ2v) is 12.0. The Morgan fingerprint density at radius 2 is 1.39 bits per heavy atom. The summed E-state index contributed by atoms with van der Waals surface area (Å²) in [6.45, 7) is 2.68. The molecule has 0 fully saturated rings. The number of carboxylic acid groups (broad SMARTS) is 1. The Balaban J connectivity index is 3.85. The van der Waals surface area contributed by atoms with Crippen LogP contribution < -0.4 is 5.73 Å². The predicted molar refractivity (Wildman–Crippen MR) is 150 cm³/mol. The largest absolute Gasteiger partial charge is 0.481 e. The lowest BCUT2D eigenvalue weighted by molar-refractivity contribution is -0.137. The molecule has 0 amide bonds. The number of carbonyl (C=O) groups is 1. The molecule has 36 heavy (non-hydrogen) atoms. The van der Waals surface area contributed by atoms with E-state index in [0.29, 0.717) is 25.2 Å². The Morgan fingerprint density at radius 3 is 1.92 bits per heavy atom. The number of aliphatic carboxylic acids is 1. The normalized spacial score (nSPS) is 14.1. The minimum atomic E-state index is -4.14. The Hall–Kier alpha value is -0.150. The van der Waals surface area contributed by atoms with Gasteiger partial charge < -0.3 is 20.5 Å². The Morgan fingerprint density at radius 1 is 0.833 bits per heavy atom. The highest BCUT2D eigenvalue weighted by atomic mass is 32.2. The zero-order valence-electron chi connectivity index (χ0n) is 22.7. The van der Waals surface area contributed by atoms with Gasteiger partial charge in [-0.1, -0.05) is 90.4 Å². The average molecular weight is 556 g/mol. The van der Waals surface area contributed by atoms with E-state index in [1.165, 1.54) is 83.5 Å². The van der Waals surface area contributed by atoms with Crippen molar-refractivity contribution >= 4 is 25.6 Å². The molecular formula is C26H54NO7PS. The molecule has 8 nitrogen and oxygen atoms in total. The third-order valence-electron chi connectivity index (χ3n) is 5.88. The first-order chi connectivity index (χ1) is 17.4. The van der Waals surface area contributed by atoms with E-state index < -0.39 is 13.8 Å². The SMILES string of the molecule is CCCCCCCCCCCCCCCCSCC(COP(=O)(O)OCCN)OCCCCC(=O)O. The van der Waals surface area contributed by atoms with Gasteiger partial charge in [-0.15, -0.1) is 0 Å². The van der Waals surface area contributed by atoms with Crippen molar-refractivity contribution in [1.29, 1.82) is 0 Å². The summed E-state index contributed by atoms with van der Waals surface area (Å²) in [5.41, 5.74) is 5.30. The first-order valence-corrected chi connectivity index (χ1v) is 16.8. The summed E-state index contributed by atoms with van der Waals surface area (Å²) >= 11 is 1.75. The second-order valence-electron chi connectivity index (χ2n) is 9.40. The van der Waals surface area contributed by atoms with E-state index in [-0.39, 0.29) is 32.3 Å². The fourth-order valence-electron chi connectivity index (χ4n) is 3.77. The summed E-state index contributed by atoms with van der Waals surface area (Å²) in [7, 11) is -4.14. The number of phosphoric acid groups is 1. The lowest BCUT2D eigenvalue weighted by Crippen LogP contribution is -2.23. The van der Waals surface area contributed by atoms with Crippen LogP contribution in [0.3, 0.4) is 0 Å². The van der Waals surface area contributed by atoms with Crippen molar-refractivity contribution in [3.8, 4) is 0 Å². The van der Waals surface area contributed by atoms with Gasteiger partial charge in [-0.2, -0.15) is 11.8 Å². The van der Waals surface area contributed by atoms with Crippen LogP contribution >= 0.6 is 19.6 Å². The summed E-state index contributed by atoms with van der Waals surface area (Å²) < 4.78 is 27.5. The van der Waals surface area contributed by atoms with Gasteiger partial charge in [0.2, 0.25) is 0 Å². The molecule has 0 heterocycles. The molecule has 0 aromatic heterocycles. The summed E-state index contributed by atoms with van der Waals surface area (Å²) in [6.07, 6.45) is 19.6. The molecule has 0 radical (unpaired) electrons. The molecule has 0 aromatic rings. The van der Waals surface area contributed by atoms with Crippen LogP contribution in [-0.2, 0) is 23.1 Å². The molecule has 2 atom stereocenters. The fraction of sp³-hybridized carbons (Fsp3) is 0.962. The van der Waals surface area contributed by atoms with Gasteiger partial charge in [0, 0.05) is 25.3 Å². The van der Waals surface area contributed by atoms with E-state index in [0.717, 1.165) is 12.2 Å². The zero-order chi connectivity index (χ0) is 26.7. The van der Waals surface area contributed by atoms with Gasteiger partial charge in [0.1, 0.15) is 0 Å². The van der Waals surface area contributed by atoms with E-state index in [2.05, 4.69) is 6.92 Å². The average Bonchev–Trinajstić information content (AvgIpc) is 2.84. The van der Waals surface area contributed by atoms with Crippen LogP contribution in [0.25, 0.3) is 0 Å². The zero-order valence-corrected chi connectivity index (χ0v) is 24.4. The van der Waals surface area contributed by atoms with Crippen molar-refractivity contribution in [2.75, 3.05) is 37.9 Å². The van der Waals surface area contributed by atoms with Gasteiger partial charge in [0.15, 0.2) is 0 Å². The van der Waals surface area contributed by atoms with Crippen LogP contribution in [-0.4, -0.2) is 59.9 Å². The first kappa shape index (κ1) is 35.9. The van der Waals surface area contributed by atoms with Crippen molar-refractivity contribution in [3.05, 3.63) is 0 Å². The molecule has 216 valence electrons. The number of phosphoric ester groups is 1. The summed E-state index contributed by atoms with van der Waals surface area (Å²) in [6, 6.07) is 0. The second kappa shape index (κ2) is 26.5. The van der Waals surface area contributed by atoms with E-state index in [1.807, 2.05) is 0 Å². The maximum atomic E-state index is 11.9. The molecule has 0 aliphatic heterocycles. The molecule has 0 saturated carbocycles. The molecule has 0 aliphatic rings. The molecule has 0 rings (SSSR count). The highest BCUT2D eigenvalue weighted by Gasteiger charge is 2.23. The smallest absolute Gasteiger partial charge is 0.472 e. The van der Waals surface area contributed by atoms with E-state index in [1.54, 1.807) is 11.8 Å². The number of unbranched alkanes of at least 4 members (excludes halogenated alkanes) is 14. The van der Waals surface area contributed by atoms with E-state index in [4.69, 9.17) is 24.6 Å². The number of carboxylic acids is 1. The van der Waals surface area contributed by atoms with Crippen LogP contribution in [0, 0.1) is 0 Å². The molecule has 0 aliphatic carbocycles. The standard InChI is InChI=1S/C26H54NO7PS/c1-2-3-4-5-6-7-8-9-10-11-12-13-14-17-22-36-24-25(32-20-16-15-18-26(28)29)23-34-35(30,31)33-21-19-27/h25H,2-24,27H2,1H3,(H,28,29)(H,30,31). The minimum Gasteiger partial charge on any atom is -0.481 e. The first-order valence-electron chi connectivity index (χ1n) is 14.1. The predicted octanol–water partition coefficient (Wildman–Crippen LogP) is 6.93. The number of nitrogens with two attached hydrogens (primary N) is 1. The third-order valence-corrected chi connectivity index (χ3v) is 8.05. The van der Waals surface area contributed by atoms with Crippen molar-refractivity contribution < 1.29 is 33.1 Å². The number of rotatable bonds is 29. The summed E-state index contributed by atoms with van der Waals surface area (Å²) in [4.78, 5) is 20.3. The van der Waals surface area contributed by atoms with Gasteiger partial charge in [-0.05, 0) is 25.0 Å². The Bertz CT molecular complexity index is 542. The van der Waals surface area contributed by atoms with Crippen LogP contribution in [0.1, 0.15) is 116 Å². The number of thioether (sulfide) groups is 1. The van der Waals surface area contributed by atoms with Crippen molar-refractivity contribution in [3.63, 3.8) is 0 Å². The molecule has 2 unspecified atom stereocenters. The molecule has 0 bridgehead atoms. The van der Waals surface area contributed by atoms with Gasteiger partial charge in [0.25, 0.3) is 0 Å².